The van der Waals surface area contributed by atoms with E-state index in [1.54, 1.807) is 11.3 Å². The van der Waals surface area contributed by atoms with Gasteiger partial charge in [-0.15, -0.1) is 11.3 Å². The van der Waals surface area contributed by atoms with Crippen molar-refractivity contribution in [2.75, 3.05) is 20.6 Å². The Hall–Kier alpha value is -0.450. The second kappa shape index (κ2) is 4.54. The van der Waals surface area contributed by atoms with Crippen molar-refractivity contribution in [3.63, 3.8) is 0 Å². The molecule has 0 saturated carbocycles. The monoisotopic (exact) mass is 185 g/mol. The molecule has 1 rings (SSSR count). The lowest BCUT2D eigenvalue weighted by Crippen LogP contribution is -2.10. The van der Waals surface area contributed by atoms with Crippen LogP contribution >= 0.6 is 11.3 Å². The van der Waals surface area contributed by atoms with E-state index in [1.165, 1.54) is 5.01 Å². The Labute approximate surface area is 77.2 Å². The van der Waals surface area contributed by atoms with Crippen molar-refractivity contribution in [2.24, 2.45) is 5.73 Å². The Bertz CT molecular complexity index is 232. The van der Waals surface area contributed by atoms with Gasteiger partial charge in [0.05, 0.1) is 5.69 Å². The first-order valence-electron chi connectivity index (χ1n) is 4.00. The third-order valence-corrected chi connectivity index (χ3v) is 2.33. The van der Waals surface area contributed by atoms with Crippen molar-refractivity contribution in [1.29, 1.82) is 0 Å². The molecule has 0 bridgehead atoms. The van der Waals surface area contributed by atoms with Gasteiger partial charge in [-0.2, -0.15) is 0 Å². The number of hydrogen-bond donors (Lipinski definition) is 1. The Balaban J connectivity index is 2.52. The molecule has 0 saturated heterocycles. The maximum Gasteiger partial charge on any atom is 0.107 e. The minimum absolute atomic E-state index is 0.686. The van der Waals surface area contributed by atoms with Crippen LogP contribution in [0.15, 0.2) is 5.38 Å². The molecule has 0 radical (unpaired) electrons. The van der Waals surface area contributed by atoms with Crippen LogP contribution in [0.2, 0.25) is 0 Å². The van der Waals surface area contributed by atoms with Gasteiger partial charge in [0.2, 0.25) is 0 Å². The van der Waals surface area contributed by atoms with Gasteiger partial charge in [0.15, 0.2) is 0 Å². The molecule has 0 amide bonds. The molecule has 0 spiro atoms. The quantitative estimate of drug-likeness (QED) is 0.751. The lowest BCUT2D eigenvalue weighted by Gasteiger charge is -2.04. The molecule has 0 unspecified atom stereocenters. The van der Waals surface area contributed by atoms with Gasteiger partial charge in [-0.3, -0.25) is 0 Å². The molecule has 0 fully saturated rings. The molecule has 12 heavy (non-hydrogen) atoms. The zero-order valence-corrected chi connectivity index (χ0v) is 8.40. The van der Waals surface area contributed by atoms with E-state index < -0.39 is 0 Å². The van der Waals surface area contributed by atoms with Gasteiger partial charge in [-0.05, 0) is 20.6 Å². The number of nitrogens with zero attached hydrogens (tertiary/aromatic N) is 2. The molecule has 1 aromatic rings. The number of thiazole rings is 1. The first-order chi connectivity index (χ1) is 5.72. The second-order valence-electron chi connectivity index (χ2n) is 3.01. The lowest BCUT2D eigenvalue weighted by atomic mass is 10.3. The molecule has 0 aliphatic rings. The fourth-order valence-electron chi connectivity index (χ4n) is 0.955. The lowest BCUT2D eigenvalue weighted by molar-refractivity contribution is 0.401. The molecule has 3 nitrogen and oxygen atoms in total. The smallest absolute Gasteiger partial charge is 0.107 e. The van der Waals surface area contributed by atoms with Crippen molar-refractivity contribution < 1.29 is 0 Å². The Morgan fingerprint density at radius 2 is 2.33 bits per heavy atom. The fourth-order valence-corrected chi connectivity index (χ4v) is 1.90. The number of nitrogens with two attached hydrogens (primary N) is 1. The summed E-state index contributed by atoms with van der Waals surface area (Å²) in [5.74, 6) is 0. The van der Waals surface area contributed by atoms with E-state index in [0.717, 1.165) is 18.7 Å². The highest BCUT2D eigenvalue weighted by molar-refractivity contribution is 7.09. The van der Waals surface area contributed by atoms with Crippen LogP contribution in [0, 0.1) is 0 Å². The molecule has 2 N–H and O–H groups in total. The maximum absolute atomic E-state index is 5.43. The number of hydrogen-bond acceptors (Lipinski definition) is 4. The SMILES string of the molecule is CN(C)Cc1nc(CCN)cs1. The highest BCUT2D eigenvalue weighted by Gasteiger charge is 2.01. The zero-order chi connectivity index (χ0) is 8.97. The van der Waals surface area contributed by atoms with Crippen LogP contribution in [0.25, 0.3) is 0 Å². The summed E-state index contributed by atoms with van der Waals surface area (Å²) in [5.41, 5.74) is 6.55. The molecule has 0 aliphatic carbocycles. The first-order valence-corrected chi connectivity index (χ1v) is 4.88. The maximum atomic E-state index is 5.43. The van der Waals surface area contributed by atoms with Crippen LogP contribution in [-0.4, -0.2) is 30.5 Å². The highest BCUT2D eigenvalue weighted by atomic mass is 32.1. The largest absolute Gasteiger partial charge is 0.330 e. The van der Waals surface area contributed by atoms with Crippen molar-refractivity contribution in [1.82, 2.24) is 9.88 Å². The van der Waals surface area contributed by atoms with Crippen molar-refractivity contribution in [2.45, 2.75) is 13.0 Å². The average molecular weight is 185 g/mol. The van der Waals surface area contributed by atoms with Crippen molar-refractivity contribution >= 4 is 11.3 Å². The van der Waals surface area contributed by atoms with E-state index in [1.807, 2.05) is 14.1 Å². The molecule has 1 aromatic heterocycles. The van der Waals surface area contributed by atoms with Gasteiger partial charge in [0, 0.05) is 18.3 Å². The minimum Gasteiger partial charge on any atom is -0.330 e. The predicted octanol–water partition coefficient (Wildman–Crippen LogP) is 0.706. The molecular formula is C8H15N3S. The predicted molar refractivity (Wildman–Crippen MR) is 52.3 cm³/mol. The summed E-state index contributed by atoms with van der Waals surface area (Å²) in [6, 6.07) is 0. The van der Waals surface area contributed by atoms with E-state index in [9.17, 15) is 0 Å². The van der Waals surface area contributed by atoms with E-state index >= 15 is 0 Å². The van der Waals surface area contributed by atoms with Crippen LogP contribution < -0.4 is 5.73 Å². The third kappa shape index (κ3) is 2.89. The summed E-state index contributed by atoms with van der Waals surface area (Å²) in [4.78, 5) is 6.55. The molecule has 1 heterocycles. The summed E-state index contributed by atoms with van der Waals surface area (Å²) in [5, 5.41) is 3.26. The molecule has 0 aromatic carbocycles. The van der Waals surface area contributed by atoms with Crippen LogP contribution in [-0.2, 0) is 13.0 Å². The molecular weight excluding hydrogens is 170 g/mol. The van der Waals surface area contributed by atoms with Crippen molar-refractivity contribution in [3.05, 3.63) is 16.1 Å². The highest BCUT2D eigenvalue weighted by Crippen LogP contribution is 2.10. The van der Waals surface area contributed by atoms with Crippen LogP contribution in [0.4, 0.5) is 0 Å². The third-order valence-electron chi connectivity index (χ3n) is 1.45. The van der Waals surface area contributed by atoms with Gasteiger partial charge in [0.1, 0.15) is 5.01 Å². The Morgan fingerprint density at radius 3 is 2.92 bits per heavy atom. The first kappa shape index (κ1) is 9.64. The molecule has 4 heteroatoms. The number of aromatic nitrogens is 1. The van der Waals surface area contributed by atoms with Gasteiger partial charge >= 0.3 is 0 Å². The number of rotatable bonds is 4. The van der Waals surface area contributed by atoms with E-state index in [2.05, 4.69) is 15.3 Å². The van der Waals surface area contributed by atoms with Gasteiger partial charge < -0.3 is 10.6 Å². The van der Waals surface area contributed by atoms with Gasteiger partial charge in [0.25, 0.3) is 0 Å². The topological polar surface area (TPSA) is 42.2 Å². The van der Waals surface area contributed by atoms with Crippen LogP contribution in [0.3, 0.4) is 0 Å². The van der Waals surface area contributed by atoms with Gasteiger partial charge in [-0.1, -0.05) is 0 Å². The summed E-state index contributed by atoms with van der Waals surface area (Å²) in [7, 11) is 4.09. The average Bonchev–Trinajstić information content (AvgIpc) is 2.36. The fraction of sp³-hybridized carbons (Fsp3) is 0.625. The summed E-state index contributed by atoms with van der Waals surface area (Å²) in [6.45, 7) is 1.61. The van der Waals surface area contributed by atoms with Crippen molar-refractivity contribution in [3.8, 4) is 0 Å². The zero-order valence-electron chi connectivity index (χ0n) is 7.58. The standard InChI is InChI=1S/C8H15N3S/c1-11(2)5-8-10-7(3-4-9)6-12-8/h6H,3-5,9H2,1-2H3. The minimum atomic E-state index is 0.686. The summed E-state index contributed by atoms with van der Waals surface area (Å²) in [6.07, 6.45) is 0.893. The second-order valence-corrected chi connectivity index (χ2v) is 3.95. The Kier molecular flexibility index (Phi) is 3.65. The van der Waals surface area contributed by atoms with E-state index in [4.69, 9.17) is 5.73 Å². The van der Waals surface area contributed by atoms with Crippen LogP contribution in [0.1, 0.15) is 10.7 Å². The van der Waals surface area contributed by atoms with Gasteiger partial charge in [-0.25, -0.2) is 4.98 Å². The molecule has 0 aliphatic heterocycles. The van der Waals surface area contributed by atoms with Crippen LogP contribution in [0.5, 0.6) is 0 Å². The summed E-state index contributed by atoms with van der Waals surface area (Å²) < 4.78 is 0. The molecule has 0 atom stereocenters. The van der Waals surface area contributed by atoms with E-state index in [-0.39, 0.29) is 0 Å². The summed E-state index contributed by atoms with van der Waals surface area (Å²) >= 11 is 1.71. The van der Waals surface area contributed by atoms with E-state index in [0.29, 0.717) is 6.54 Å². The normalized spacial score (nSPS) is 11.0. The molecule has 68 valence electrons. The Morgan fingerprint density at radius 1 is 1.58 bits per heavy atom.